The van der Waals surface area contributed by atoms with E-state index in [2.05, 4.69) is 28.2 Å². The Balaban J connectivity index is 1.58. The molecule has 1 aliphatic rings. The van der Waals surface area contributed by atoms with Gasteiger partial charge in [0, 0.05) is 43.1 Å². The molecule has 12 nitrogen and oxygen atoms in total. The van der Waals surface area contributed by atoms with Gasteiger partial charge in [0.2, 0.25) is 5.95 Å². The number of fused-ring (bicyclic) bond motifs is 2. The van der Waals surface area contributed by atoms with Crippen molar-refractivity contribution in [1.82, 2.24) is 29.0 Å². The number of imidazole rings is 1. The average molecular weight is 583 g/mol. The van der Waals surface area contributed by atoms with Gasteiger partial charge in [-0.1, -0.05) is 30.2 Å². The summed E-state index contributed by atoms with van der Waals surface area (Å²) in [6, 6.07) is 9.36. The zero-order chi connectivity index (χ0) is 30.9. The first-order chi connectivity index (χ1) is 20.5. The minimum Gasteiger partial charge on any atom is -0.444 e. The van der Waals surface area contributed by atoms with Crippen LogP contribution in [-0.4, -0.2) is 54.5 Å². The summed E-state index contributed by atoms with van der Waals surface area (Å²) in [6.07, 6.45) is 2.68. The Hall–Kier alpha value is -5.10. The van der Waals surface area contributed by atoms with Crippen molar-refractivity contribution in [1.29, 1.82) is 5.26 Å². The Labute approximate surface area is 248 Å². The number of rotatable bonds is 5. The summed E-state index contributed by atoms with van der Waals surface area (Å²) >= 11 is 0. The Morgan fingerprint density at radius 1 is 1.21 bits per heavy atom. The molecular formula is C31H34N8O4. The number of hydrogen-bond donors (Lipinski definition) is 1. The molecular weight excluding hydrogens is 548 g/mol. The molecule has 43 heavy (non-hydrogen) atoms. The van der Waals surface area contributed by atoms with Gasteiger partial charge < -0.3 is 15.0 Å². The van der Waals surface area contributed by atoms with Gasteiger partial charge in [-0.2, -0.15) is 10.2 Å². The number of piperidine rings is 1. The smallest absolute Gasteiger partial charge is 0.407 e. The van der Waals surface area contributed by atoms with Gasteiger partial charge in [-0.15, -0.1) is 5.92 Å². The van der Waals surface area contributed by atoms with Gasteiger partial charge in [-0.25, -0.2) is 9.59 Å². The number of amides is 1. The zero-order valence-electron chi connectivity index (χ0n) is 25.0. The first-order valence-corrected chi connectivity index (χ1v) is 14.1. The highest BCUT2D eigenvalue weighted by atomic mass is 16.6. The van der Waals surface area contributed by atoms with Gasteiger partial charge in [-0.05, 0) is 40.5 Å². The number of aryl methyl sites for hydroxylation is 1. The summed E-state index contributed by atoms with van der Waals surface area (Å²) in [4.78, 5) is 51.2. The van der Waals surface area contributed by atoms with Gasteiger partial charge in [0.25, 0.3) is 5.56 Å². The van der Waals surface area contributed by atoms with Crippen molar-refractivity contribution in [3.8, 4) is 17.9 Å². The van der Waals surface area contributed by atoms with E-state index in [1.54, 1.807) is 24.7 Å². The summed E-state index contributed by atoms with van der Waals surface area (Å²) in [7, 11) is 1.56. The quantitative estimate of drug-likeness (QED) is 0.354. The van der Waals surface area contributed by atoms with Crippen LogP contribution in [0.3, 0.4) is 0 Å². The van der Waals surface area contributed by atoms with E-state index in [-0.39, 0.29) is 30.3 Å². The van der Waals surface area contributed by atoms with Crippen LogP contribution in [0.25, 0.3) is 21.9 Å². The lowest BCUT2D eigenvalue weighted by Crippen LogP contribution is -2.49. The van der Waals surface area contributed by atoms with Crippen molar-refractivity contribution < 1.29 is 9.53 Å². The highest BCUT2D eigenvalue weighted by Gasteiger charge is 2.29. The number of benzene rings is 1. The van der Waals surface area contributed by atoms with Gasteiger partial charge in [0.05, 0.1) is 24.3 Å². The molecule has 1 aliphatic heterocycles. The third kappa shape index (κ3) is 5.82. The van der Waals surface area contributed by atoms with Crippen molar-refractivity contribution in [3.05, 3.63) is 62.6 Å². The lowest BCUT2D eigenvalue weighted by molar-refractivity contribution is 0.0499. The highest BCUT2D eigenvalue weighted by Crippen LogP contribution is 2.24. The predicted octanol–water partition coefficient (Wildman–Crippen LogP) is 2.88. The molecule has 0 spiro atoms. The molecule has 1 fully saturated rings. The summed E-state index contributed by atoms with van der Waals surface area (Å²) in [5.74, 6) is 6.39. The van der Waals surface area contributed by atoms with Crippen LogP contribution in [0.4, 0.5) is 10.7 Å². The van der Waals surface area contributed by atoms with Crippen molar-refractivity contribution in [2.75, 3.05) is 18.0 Å². The van der Waals surface area contributed by atoms with Crippen LogP contribution in [0.1, 0.15) is 51.8 Å². The molecule has 4 heterocycles. The molecule has 0 unspecified atom stereocenters. The Morgan fingerprint density at radius 3 is 2.70 bits per heavy atom. The second kappa shape index (κ2) is 11.6. The van der Waals surface area contributed by atoms with Crippen LogP contribution in [0.15, 0.2) is 40.1 Å². The Morgan fingerprint density at radius 2 is 1.98 bits per heavy atom. The standard InChI is InChI=1S/C31H34N8O4/c1-6-7-15-38-25-26(35-28(38)37-14-10-12-21(18-37)34-29(41)43-31(2,3)4)36(5)30(42)39(27(25)40)19-24-23(16-32)22-13-9-8-11-20(22)17-33-24/h8-9,11,13,17,21H,10,12,14-15,18-19H2,1-5H3,(H,34,41)/t21-/m1/s1. The molecule has 12 heteroatoms. The van der Waals surface area contributed by atoms with Crippen LogP contribution < -0.4 is 21.5 Å². The number of aromatic nitrogens is 5. The van der Waals surface area contributed by atoms with Gasteiger partial charge in [0.1, 0.15) is 11.7 Å². The number of ether oxygens (including phenoxy) is 1. The van der Waals surface area contributed by atoms with Crippen molar-refractivity contribution in [2.45, 2.75) is 65.3 Å². The van der Waals surface area contributed by atoms with E-state index in [9.17, 15) is 19.6 Å². The number of alkyl carbamates (subject to hydrolysis) is 1. The maximum atomic E-state index is 14.0. The van der Waals surface area contributed by atoms with E-state index in [0.717, 1.165) is 22.8 Å². The Kier molecular flexibility index (Phi) is 7.96. The SMILES string of the molecule is CC#CCn1c(N2CCC[C@@H](NC(=O)OC(C)(C)C)C2)nc2c1c(=O)n(Cc1ncc3ccccc3c1C#N)c(=O)n2C. The van der Waals surface area contributed by atoms with Crippen LogP contribution >= 0.6 is 0 Å². The van der Waals surface area contributed by atoms with Crippen molar-refractivity contribution in [3.63, 3.8) is 0 Å². The lowest BCUT2D eigenvalue weighted by Gasteiger charge is -2.34. The number of hydrogen-bond acceptors (Lipinski definition) is 8. The average Bonchev–Trinajstić information content (AvgIpc) is 3.35. The first-order valence-electron chi connectivity index (χ1n) is 14.1. The number of carbonyl (C=O) groups excluding carboxylic acids is 1. The minimum absolute atomic E-state index is 0.175. The zero-order valence-corrected chi connectivity index (χ0v) is 25.0. The lowest BCUT2D eigenvalue weighted by atomic mass is 10.1. The normalized spacial score (nSPS) is 15.2. The van der Waals surface area contributed by atoms with E-state index >= 15 is 0 Å². The Bertz CT molecular complexity index is 1950. The second-order valence-electron chi connectivity index (χ2n) is 11.5. The van der Waals surface area contributed by atoms with Crippen LogP contribution in [-0.2, 0) is 24.9 Å². The number of anilines is 1. The largest absolute Gasteiger partial charge is 0.444 e. The van der Waals surface area contributed by atoms with Crippen LogP contribution in [0.5, 0.6) is 0 Å². The molecule has 1 saturated heterocycles. The minimum atomic E-state index is -0.619. The molecule has 5 rings (SSSR count). The molecule has 1 aromatic carbocycles. The maximum absolute atomic E-state index is 14.0. The molecule has 0 bridgehead atoms. The molecule has 222 valence electrons. The van der Waals surface area contributed by atoms with Crippen molar-refractivity contribution >= 4 is 34.0 Å². The van der Waals surface area contributed by atoms with Crippen LogP contribution in [0, 0.1) is 23.2 Å². The van der Waals surface area contributed by atoms with Gasteiger partial charge in [0.15, 0.2) is 11.2 Å². The van der Waals surface area contributed by atoms with E-state index in [4.69, 9.17) is 9.72 Å². The molecule has 3 aromatic heterocycles. The molecule has 1 atom stereocenters. The summed E-state index contributed by atoms with van der Waals surface area (Å²) < 4.78 is 9.58. The van der Waals surface area contributed by atoms with E-state index < -0.39 is 22.9 Å². The van der Waals surface area contributed by atoms with Crippen molar-refractivity contribution in [2.24, 2.45) is 7.05 Å². The summed E-state index contributed by atoms with van der Waals surface area (Å²) in [5, 5.41) is 14.4. The van der Waals surface area contributed by atoms with E-state index in [1.165, 1.54) is 4.57 Å². The molecule has 1 amide bonds. The van der Waals surface area contributed by atoms with E-state index in [0.29, 0.717) is 35.7 Å². The number of pyridine rings is 1. The maximum Gasteiger partial charge on any atom is 0.407 e. The fourth-order valence-electron chi connectivity index (χ4n) is 5.40. The van der Waals surface area contributed by atoms with Gasteiger partial charge >= 0.3 is 11.8 Å². The van der Waals surface area contributed by atoms with E-state index in [1.807, 2.05) is 49.9 Å². The number of nitrogens with zero attached hydrogens (tertiary/aromatic N) is 7. The molecule has 0 aliphatic carbocycles. The molecule has 4 aromatic rings. The number of nitriles is 1. The second-order valence-corrected chi connectivity index (χ2v) is 11.5. The highest BCUT2D eigenvalue weighted by molar-refractivity contribution is 5.87. The van der Waals surface area contributed by atoms with Gasteiger partial charge in [-0.3, -0.25) is 23.5 Å². The monoisotopic (exact) mass is 582 g/mol. The molecule has 0 radical (unpaired) electrons. The fourth-order valence-corrected chi connectivity index (χ4v) is 5.40. The fraction of sp³-hybridized carbons (Fsp3) is 0.419. The third-order valence-electron chi connectivity index (χ3n) is 7.35. The predicted molar refractivity (Wildman–Crippen MR) is 163 cm³/mol. The summed E-state index contributed by atoms with van der Waals surface area (Å²) in [6.45, 7) is 8.22. The molecule has 0 saturated carbocycles. The topological polar surface area (TPSA) is 140 Å². The third-order valence-corrected chi connectivity index (χ3v) is 7.35. The first kappa shape index (κ1) is 29.4. The van der Waals surface area contributed by atoms with Crippen LogP contribution in [0.2, 0.25) is 0 Å². The number of nitrogens with one attached hydrogen (secondary N) is 1. The molecule has 1 N–H and O–H groups in total. The summed E-state index contributed by atoms with van der Waals surface area (Å²) in [5.41, 5.74) is -0.644. The number of carbonyl (C=O) groups is 1.